The minimum absolute atomic E-state index is 0.0725. The van der Waals surface area contributed by atoms with Crippen molar-refractivity contribution in [2.45, 2.75) is 17.8 Å². The molecular weight excluding hydrogens is 323 g/mol. The molecule has 0 atom stereocenters. The predicted octanol–water partition coefficient (Wildman–Crippen LogP) is 1.76. The van der Waals surface area contributed by atoms with Crippen LogP contribution in [0.1, 0.15) is 0 Å². The average molecular weight is 335 g/mol. The van der Waals surface area contributed by atoms with Crippen LogP contribution in [0.25, 0.3) is 0 Å². The molecule has 2 aromatic rings. The van der Waals surface area contributed by atoms with Crippen molar-refractivity contribution in [3.05, 3.63) is 43.0 Å². The highest BCUT2D eigenvalue weighted by molar-refractivity contribution is 7.89. The van der Waals surface area contributed by atoms with Gasteiger partial charge in [-0.15, -0.1) is 13.2 Å². The second-order valence-corrected chi connectivity index (χ2v) is 5.99. The Morgan fingerprint density at radius 3 is 2.73 bits per heavy atom. The van der Waals surface area contributed by atoms with E-state index in [9.17, 15) is 21.6 Å². The fraction of sp³-hybridized carbons (Fsp3) is 0.250. The number of benzene rings is 1. The van der Waals surface area contributed by atoms with Crippen molar-refractivity contribution in [3.63, 3.8) is 0 Å². The monoisotopic (exact) mass is 335 g/mol. The highest BCUT2D eigenvalue weighted by Crippen LogP contribution is 2.24. The summed E-state index contributed by atoms with van der Waals surface area (Å²) in [6.45, 7) is 0.418. The summed E-state index contributed by atoms with van der Waals surface area (Å²) < 4.78 is 68.1. The van der Waals surface area contributed by atoms with E-state index in [1.54, 1.807) is 17.0 Å². The van der Waals surface area contributed by atoms with Gasteiger partial charge in [-0.2, -0.15) is 0 Å². The van der Waals surface area contributed by atoms with Crippen molar-refractivity contribution in [1.29, 1.82) is 0 Å². The highest BCUT2D eigenvalue weighted by Gasteiger charge is 2.31. The maximum absolute atomic E-state index is 12.1. The summed E-state index contributed by atoms with van der Waals surface area (Å²) in [7, 11) is -3.92. The molecule has 0 saturated heterocycles. The topological polar surface area (TPSA) is 73.2 Å². The first kappa shape index (κ1) is 16.3. The van der Waals surface area contributed by atoms with E-state index >= 15 is 0 Å². The van der Waals surface area contributed by atoms with Crippen LogP contribution in [0, 0.1) is 0 Å². The highest BCUT2D eigenvalue weighted by atomic mass is 32.2. The lowest BCUT2D eigenvalue weighted by Gasteiger charge is -2.11. The number of hydrogen-bond donors (Lipinski definition) is 1. The summed E-state index contributed by atoms with van der Waals surface area (Å²) in [4.78, 5) is 3.50. The number of rotatable bonds is 6. The van der Waals surface area contributed by atoms with Gasteiger partial charge in [-0.1, -0.05) is 6.07 Å². The van der Waals surface area contributed by atoms with E-state index in [0.717, 1.165) is 12.1 Å². The number of sulfonamides is 1. The third-order valence-corrected chi connectivity index (χ3v) is 4.03. The smallest absolute Gasteiger partial charge is 0.406 e. The van der Waals surface area contributed by atoms with Gasteiger partial charge < -0.3 is 9.30 Å². The van der Waals surface area contributed by atoms with Crippen molar-refractivity contribution in [2.24, 2.45) is 0 Å². The molecule has 0 bridgehead atoms. The number of ether oxygens (including phenoxy) is 1. The van der Waals surface area contributed by atoms with E-state index < -0.39 is 22.1 Å². The van der Waals surface area contributed by atoms with Gasteiger partial charge in [-0.05, 0) is 12.1 Å². The zero-order valence-corrected chi connectivity index (χ0v) is 11.9. The Morgan fingerprint density at radius 2 is 2.09 bits per heavy atom. The van der Waals surface area contributed by atoms with Crippen molar-refractivity contribution in [1.82, 2.24) is 14.3 Å². The lowest BCUT2D eigenvalue weighted by molar-refractivity contribution is -0.274. The van der Waals surface area contributed by atoms with Gasteiger partial charge in [0.1, 0.15) is 5.75 Å². The van der Waals surface area contributed by atoms with E-state index in [0.29, 0.717) is 6.54 Å². The predicted molar refractivity (Wildman–Crippen MR) is 70.5 cm³/mol. The van der Waals surface area contributed by atoms with E-state index in [1.165, 1.54) is 18.5 Å². The molecule has 2 rings (SSSR count). The first-order valence-electron chi connectivity index (χ1n) is 6.07. The maximum Gasteiger partial charge on any atom is 0.573 e. The molecule has 10 heteroatoms. The molecule has 1 aromatic heterocycles. The van der Waals surface area contributed by atoms with Gasteiger partial charge in [0, 0.05) is 31.5 Å². The number of nitrogens with zero attached hydrogens (tertiary/aromatic N) is 2. The third-order valence-electron chi connectivity index (χ3n) is 2.57. The lowest BCUT2D eigenvalue weighted by atomic mass is 10.3. The SMILES string of the molecule is O=S(=O)(NCCn1ccnc1)c1cccc(OC(F)(F)F)c1. The standard InChI is InChI=1S/C12H12F3N3O3S/c13-12(14,15)21-10-2-1-3-11(8-10)22(19,20)17-5-7-18-6-4-16-9-18/h1-4,6,8-9,17H,5,7H2. The number of halogens is 3. The molecule has 0 aliphatic rings. The first-order chi connectivity index (χ1) is 10.3. The second-order valence-electron chi connectivity index (χ2n) is 4.22. The Kier molecular flexibility index (Phi) is 4.71. The van der Waals surface area contributed by atoms with Crippen LogP contribution < -0.4 is 9.46 Å². The van der Waals surface area contributed by atoms with Crippen LogP contribution >= 0.6 is 0 Å². The lowest BCUT2D eigenvalue weighted by Crippen LogP contribution is -2.27. The van der Waals surface area contributed by atoms with Gasteiger partial charge in [0.2, 0.25) is 10.0 Å². The van der Waals surface area contributed by atoms with Crippen molar-refractivity contribution < 1.29 is 26.3 Å². The van der Waals surface area contributed by atoms with Gasteiger partial charge in [0.05, 0.1) is 11.2 Å². The molecule has 1 aromatic carbocycles. The minimum atomic E-state index is -4.88. The van der Waals surface area contributed by atoms with Crippen LogP contribution in [-0.4, -0.2) is 30.9 Å². The van der Waals surface area contributed by atoms with Gasteiger partial charge in [0.15, 0.2) is 0 Å². The molecule has 0 spiro atoms. The number of hydrogen-bond acceptors (Lipinski definition) is 4. The molecule has 0 aliphatic heterocycles. The molecule has 0 saturated carbocycles. The van der Waals surface area contributed by atoms with Crippen LogP contribution in [-0.2, 0) is 16.6 Å². The van der Waals surface area contributed by atoms with E-state index in [2.05, 4.69) is 14.4 Å². The number of nitrogens with one attached hydrogen (secondary N) is 1. The van der Waals surface area contributed by atoms with E-state index in [1.807, 2.05) is 0 Å². The molecular formula is C12H12F3N3O3S. The Balaban J connectivity index is 2.03. The average Bonchev–Trinajstić information content (AvgIpc) is 2.90. The van der Waals surface area contributed by atoms with Gasteiger partial charge in [-0.3, -0.25) is 0 Å². The normalized spacial score (nSPS) is 12.3. The summed E-state index contributed by atoms with van der Waals surface area (Å²) in [5.74, 6) is -0.593. The number of imidazole rings is 1. The Hall–Kier alpha value is -2.07. The van der Waals surface area contributed by atoms with Crippen LogP contribution in [0.15, 0.2) is 47.9 Å². The van der Waals surface area contributed by atoms with Crippen LogP contribution in [0.3, 0.4) is 0 Å². The van der Waals surface area contributed by atoms with Gasteiger partial charge in [0.25, 0.3) is 0 Å². The number of alkyl halides is 3. The molecule has 1 heterocycles. The molecule has 0 fully saturated rings. The summed E-state index contributed by atoms with van der Waals surface area (Å²) in [5, 5.41) is 0. The first-order valence-corrected chi connectivity index (χ1v) is 7.56. The van der Waals surface area contributed by atoms with Crippen LogP contribution in [0.4, 0.5) is 13.2 Å². The van der Waals surface area contributed by atoms with Gasteiger partial charge in [-0.25, -0.2) is 18.1 Å². The molecule has 1 N–H and O–H groups in total. The molecule has 22 heavy (non-hydrogen) atoms. The molecule has 0 amide bonds. The zero-order valence-electron chi connectivity index (χ0n) is 11.1. The van der Waals surface area contributed by atoms with Crippen LogP contribution in [0.2, 0.25) is 0 Å². The minimum Gasteiger partial charge on any atom is -0.406 e. The molecule has 120 valence electrons. The Bertz CT molecular complexity index is 715. The zero-order chi connectivity index (χ0) is 16.2. The summed E-state index contributed by atoms with van der Waals surface area (Å²) in [6, 6.07) is 4.19. The largest absolute Gasteiger partial charge is 0.573 e. The van der Waals surface area contributed by atoms with Crippen molar-refractivity contribution >= 4 is 10.0 Å². The number of aromatic nitrogens is 2. The summed E-state index contributed by atoms with van der Waals surface area (Å²) in [5.41, 5.74) is 0. The Labute approximate surface area is 124 Å². The van der Waals surface area contributed by atoms with Crippen molar-refractivity contribution in [2.75, 3.05) is 6.54 Å². The van der Waals surface area contributed by atoms with Gasteiger partial charge >= 0.3 is 6.36 Å². The second kappa shape index (κ2) is 6.36. The Morgan fingerprint density at radius 1 is 1.32 bits per heavy atom. The van der Waals surface area contributed by atoms with Crippen LogP contribution in [0.5, 0.6) is 5.75 Å². The maximum atomic E-state index is 12.1. The summed E-state index contributed by atoms with van der Waals surface area (Å²) in [6.07, 6.45) is -0.151. The fourth-order valence-electron chi connectivity index (χ4n) is 1.65. The van der Waals surface area contributed by atoms with Crippen molar-refractivity contribution in [3.8, 4) is 5.75 Å². The molecule has 0 radical (unpaired) electrons. The molecule has 0 aliphatic carbocycles. The van der Waals surface area contributed by atoms with E-state index in [4.69, 9.17) is 0 Å². The quantitative estimate of drug-likeness (QED) is 0.873. The molecule has 0 unspecified atom stereocenters. The molecule has 6 nitrogen and oxygen atoms in total. The fourth-order valence-corrected chi connectivity index (χ4v) is 2.71. The van der Waals surface area contributed by atoms with E-state index in [-0.39, 0.29) is 11.4 Å². The summed E-state index contributed by atoms with van der Waals surface area (Å²) >= 11 is 0. The third kappa shape index (κ3) is 4.74.